The Kier molecular flexibility index (Phi) is 5.51. The number of rotatable bonds is 3. The normalized spacial score (nSPS) is 11.2. The van der Waals surface area contributed by atoms with Crippen molar-refractivity contribution in [2.75, 3.05) is 0 Å². The van der Waals surface area contributed by atoms with E-state index in [4.69, 9.17) is 34.8 Å². The van der Waals surface area contributed by atoms with Crippen LogP contribution in [0, 0.1) is 9.49 Å². The molecule has 0 fully saturated rings. The van der Waals surface area contributed by atoms with Gasteiger partial charge in [-0.25, -0.2) is 9.97 Å². The molecule has 0 aliphatic carbocycles. The Balaban J connectivity index is 2.61. The van der Waals surface area contributed by atoms with Gasteiger partial charge in [0.2, 0.25) is 0 Å². The third-order valence-electron chi connectivity index (χ3n) is 2.67. The Morgan fingerprint density at radius 2 is 1.70 bits per heavy atom. The second-order valence-corrected chi connectivity index (χ2v) is 7.04. The monoisotopic (exact) mass is 440 g/mol. The van der Waals surface area contributed by atoms with E-state index in [0.29, 0.717) is 32.5 Å². The third kappa shape index (κ3) is 3.56. The lowest BCUT2D eigenvalue weighted by molar-refractivity contribution is 0.632. The molecule has 1 heterocycles. The summed E-state index contributed by atoms with van der Waals surface area (Å²) in [7, 11) is 0. The van der Waals surface area contributed by atoms with E-state index >= 15 is 0 Å². The van der Waals surface area contributed by atoms with Crippen molar-refractivity contribution in [3.63, 3.8) is 0 Å². The Morgan fingerprint density at radius 3 is 2.25 bits per heavy atom. The molecule has 0 aliphatic rings. The average molecular weight is 442 g/mol. The van der Waals surface area contributed by atoms with Crippen LogP contribution in [0.15, 0.2) is 18.2 Å². The van der Waals surface area contributed by atoms with Gasteiger partial charge in [-0.1, -0.05) is 54.7 Å². The summed E-state index contributed by atoms with van der Waals surface area (Å²) in [5, 5.41) is 1.47. The van der Waals surface area contributed by atoms with Gasteiger partial charge in [-0.2, -0.15) is 0 Å². The quantitative estimate of drug-likeness (QED) is 0.437. The lowest BCUT2D eigenvalue weighted by Gasteiger charge is -2.11. The van der Waals surface area contributed by atoms with Crippen molar-refractivity contribution in [1.82, 2.24) is 9.97 Å². The largest absolute Gasteiger partial charge is 0.232 e. The molecule has 1 aromatic heterocycles. The van der Waals surface area contributed by atoms with Gasteiger partial charge in [-0.15, -0.1) is 0 Å². The number of hydrogen-bond donors (Lipinski definition) is 0. The zero-order valence-corrected chi connectivity index (χ0v) is 15.3. The van der Waals surface area contributed by atoms with Crippen molar-refractivity contribution in [2.24, 2.45) is 5.92 Å². The van der Waals surface area contributed by atoms with E-state index in [1.54, 1.807) is 18.2 Å². The van der Waals surface area contributed by atoms with Crippen LogP contribution in [0.3, 0.4) is 0 Å². The minimum absolute atomic E-state index is 0.433. The number of halogens is 4. The number of aromatic nitrogens is 2. The standard InChI is InChI=1S/C14H12Cl3IN2/c1-7(2)6-10-12(18)13(17)20-14(19-10)11-8(15)4-3-5-9(11)16/h3-5,7H,6H2,1-2H3. The number of nitrogens with zero attached hydrogens (tertiary/aromatic N) is 2. The molecular formula is C14H12Cl3IN2. The van der Waals surface area contributed by atoms with E-state index in [9.17, 15) is 0 Å². The lowest BCUT2D eigenvalue weighted by Crippen LogP contribution is -2.05. The van der Waals surface area contributed by atoms with Crippen LogP contribution in [0.4, 0.5) is 0 Å². The molecule has 2 nitrogen and oxygen atoms in total. The van der Waals surface area contributed by atoms with Crippen molar-refractivity contribution in [1.29, 1.82) is 0 Å². The van der Waals surface area contributed by atoms with E-state index in [1.165, 1.54) is 0 Å². The first-order valence-corrected chi connectivity index (χ1v) is 8.27. The van der Waals surface area contributed by atoms with Gasteiger partial charge >= 0.3 is 0 Å². The molecule has 0 atom stereocenters. The summed E-state index contributed by atoms with van der Waals surface area (Å²) in [6, 6.07) is 5.32. The fraction of sp³-hybridized carbons (Fsp3) is 0.286. The van der Waals surface area contributed by atoms with Crippen LogP contribution < -0.4 is 0 Å². The second-order valence-electron chi connectivity index (χ2n) is 4.79. The summed E-state index contributed by atoms with van der Waals surface area (Å²) in [5.74, 6) is 0.950. The third-order valence-corrected chi connectivity index (χ3v) is 5.02. The molecule has 0 N–H and O–H groups in total. The molecule has 0 spiro atoms. The molecule has 6 heteroatoms. The topological polar surface area (TPSA) is 25.8 Å². The average Bonchev–Trinajstić information content (AvgIpc) is 2.34. The predicted octanol–water partition coefficient (Wildman–Crippen LogP) is 5.91. The predicted molar refractivity (Wildman–Crippen MR) is 93.8 cm³/mol. The SMILES string of the molecule is CC(C)Cc1nc(-c2c(Cl)cccc2Cl)nc(Cl)c1I. The Hall–Kier alpha value is -0.100. The molecule has 0 saturated carbocycles. The molecule has 0 radical (unpaired) electrons. The first-order valence-electron chi connectivity index (χ1n) is 6.06. The number of hydrogen-bond acceptors (Lipinski definition) is 2. The fourth-order valence-corrected chi connectivity index (χ4v) is 3.03. The maximum Gasteiger partial charge on any atom is 0.164 e. The molecule has 0 saturated heterocycles. The van der Waals surface area contributed by atoms with E-state index in [2.05, 4.69) is 46.4 Å². The van der Waals surface area contributed by atoms with Crippen LogP contribution in [0.2, 0.25) is 15.2 Å². The molecule has 0 unspecified atom stereocenters. The van der Waals surface area contributed by atoms with E-state index in [-0.39, 0.29) is 0 Å². The Bertz CT molecular complexity index is 624. The highest BCUT2D eigenvalue weighted by molar-refractivity contribution is 14.1. The number of benzene rings is 1. The first kappa shape index (κ1) is 16.3. The van der Waals surface area contributed by atoms with E-state index in [1.807, 2.05) is 0 Å². The van der Waals surface area contributed by atoms with Crippen molar-refractivity contribution in [3.8, 4) is 11.4 Å². The van der Waals surface area contributed by atoms with Crippen LogP contribution in [0.25, 0.3) is 11.4 Å². The van der Waals surface area contributed by atoms with Crippen LogP contribution in [-0.2, 0) is 6.42 Å². The van der Waals surface area contributed by atoms with E-state index < -0.39 is 0 Å². The highest BCUT2D eigenvalue weighted by Crippen LogP contribution is 2.34. The minimum Gasteiger partial charge on any atom is -0.232 e. The summed E-state index contributed by atoms with van der Waals surface area (Å²) in [6.07, 6.45) is 0.829. The van der Waals surface area contributed by atoms with Gasteiger partial charge in [0, 0.05) is 0 Å². The van der Waals surface area contributed by atoms with Gasteiger partial charge in [0.1, 0.15) is 5.15 Å². The van der Waals surface area contributed by atoms with Gasteiger partial charge < -0.3 is 0 Å². The highest BCUT2D eigenvalue weighted by Gasteiger charge is 2.17. The van der Waals surface area contributed by atoms with Crippen LogP contribution in [0.1, 0.15) is 19.5 Å². The Labute approximate surface area is 147 Å². The van der Waals surface area contributed by atoms with Crippen molar-refractivity contribution in [3.05, 3.63) is 42.7 Å². The van der Waals surface area contributed by atoms with Crippen molar-refractivity contribution < 1.29 is 0 Å². The molecule has 1 aromatic carbocycles. The van der Waals surface area contributed by atoms with Crippen molar-refractivity contribution >= 4 is 57.4 Å². The van der Waals surface area contributed by atoms with Gasteiger partial charge in [-0.3, -0.25) is 0 Å². The molecule has 20 heavy (non-hydrogen) atoms. The molecule has 106 valence electrons. The first-order chi connectivity index (χ1) is 9.40. The highest BCUT2D eigenvalue weighted by atomic mass is 127. The molecule has 0 aliphatic heterocycles. The summed E-state index contributed by atoms with van der Waals surface area (Å²) in [4.78, 5) is 8.90. The Morgan fingerprint density at radius 1 is 1.10 bits per heavy atom. The van der Waals surface area contributed by atoms with Crippen LogP contribution in [-0.4, -0.2) is 9.97 Å². The van der Waals surface area contributed by atoms with Gasteiger partial charge in [0.05, 0.1) is 24.9 Å². The molecule has 0 amide bonds. The minimum atomic E-state index is 0.433. The van der Waals surface area contributed by atoms with E-state index in [0.717, 1.165) is 15.7 Å². The van der Waals surface area contributed by atoms with Gasteiger partial charge in [0.25, 0.3) is 0 Å². The zero-order chi connectivity index (χ0) is 14.9. The summed E-state index contributed by atoms with van der Waals surface area (Å²) < 4.78 is 0.880. The van der Waals surface area contributed by atoms with Gasteiger partial charge in [-0.05, 0) is 47.1 Å². The maximum absolute atomic E-state index is 6.21. The molecule has 2 rings (SSSR count). The maximum atomic E-state index is 6.21. The molecular weight excluding hydrogens is 429 g/mol. The summed E-state index contributed by atoms with van der Waals surface area (Å²) in [6.45, 7) is 4.27. The fourth-order valence-electron chi connectivity index (χ4n) is 1.81. The summed E-state index contributed by atoms with van der Waals surface area (Å²) in [5.41, 5.74) is 1.55. The van der Waals surface area contributed by atoms with Gasteiger partial charge in [0.15, 0.2) is 5.82 Å². The molecule has 2 aromatic rings. The molecule has 0 bridgehead atoms. The second kappa shape index (κ2) is 6.77. The summed E-state index contributed by atoms with van der Waals surface area (Å²) >= 11 is 20.8. The lowest BCUT2D eigenvalue weighted by atomic mass is 10.1. The zero-order valence-electron chi connectivity index (χ0n) is 10.9. The van der Waals surface area contributed by atoms with Crippen LogP contribution >= 0.6 is 57.4 Å². The smallest absolute Gasteiger partial charge is 0.164 e. The van der Waals surface area contributed by atoms with Crippen molar-refractivity contribution in [2.45, 2.75) is 20.3 Å². The van der Waals surface area contributed by atoms with Crippen LogP contribution in [0.5, 0.6) is 0 Å².